The lowest BCUT2D eigenvalue weighted by molar-refractivity contribution is 0.354. The van der Waals surface area contributed by atoms with Crippen molar-refractivity contribution in [2.24, 2.45) is 0 Å². The van der Waals surface area contributed by atoms with Gasteiger partial charge in [-0.15, -0.1) is 0 Å². The largest absolute Gasteiger partial charge is 0.297 e. The average molecular weight is 144 g/mol. The molecule has 0 unspecified atom stereocenters. The van der Waals surface area contributed by atoms with Crippen LogP contribution in [-0.2, 0) is 0 Å². The van der Waals surface area contributed by atoms with Crippen molar-refractivity contribution in [1.82, 2.24) is 4.90 Å². The molecule has 0 spiro atoms. The smallest absolute Gasteiger partial charge is 0.0350 e. The quantitative estimate of drug-likeness (QED) is 0.579. The third kappa shape index (κ3) is 2.59. The summed E-state index contributed by atoms with van der Waals surface area (Å²) >= 11 is 2.03. The highest BCUT2D eigenvalue weighted by Gasteiger charge is 2.07. The topological polar surface area (TPSA) is 3.24 Å². The number of thioether (sulfide) groups is 1. The van der Waals surface area contributed by atoms with E-state index in [-0.39, 0.29) is 0 Å². The lowest BCUT2D eigenvalue weighted by atomic mass is 10.4. The zero-order valence-corrected chi connectivity index (χ0v) is 6.78. The summed E-state index contributed by atoms with van der Waals surface area (Å²) < 4.78 is 0. The van der Waals surface area contributed by atoms with Gasteiger partial charge in [0.15, 0.2) is 0 Å². The van der Waals surface area contributed by atoms with Crippen LogP contribution in [0.25, 0.3) is 0 Å². The fraction of sp³-hybridized carbons (Fsp3) is 0.857. The Morgan fingerprint density at radius 1 is 1.67 bits per heavy atom. The predicted molar refractivity (Wildman–Crippen MR) is 43.5 cm³/mol. The molecule has 1 saturated heterocycles. The number of nitrogens with zero attached hydrogens (tertiary/aromatic N) is 1. The highest BCUT2D eigenvalue weighted by Crippen LogP contribution is 2.11. The first-order chi connectivity index (χ1) is 4.43. The molecule has 9 heavy (non-hydrogen) atoms. The van der Waals surface area contributed by atoms with Gasteiger partial charge in [0.25, 0.3) is 0 Å². The Morgan fingerprint density at radius 3 is 3.11 bits per heavy atom. The molecule has 0 atom stereocenters. The van der Waals surface area contributed by atoms with Crippen LogP contribution in [0.4, 0.5) is 0 Å². The second-order valence-corrected chi connectivity index (χ2v) is 3.44. The second-order valence-electron chi connectivity index (χ2n) is 2.29. The molecule has 1 rings (SSSR count). The maximum atomic E-state index is 2.43. The summed E-state index contributed by atoms with van der Waals surface area (Å²) in [6, 6.07) is 0. The Kier molecular flexibility index (Phi) is 3.44. The highest BCUT2D eigenvalue weighted by atomic mass is 32.2. The fourth-order valence-corrected chi connectivity index (χ4v) is 1.85. The molecule has 0 aliphatic carbocycles. The zero-order valence-electron chi connectivity index (χ0n) is 5.97. The molecule has 53 valence electrons. The Hall–Kier alpha value is 0.310. The summed E-state index contributed by atoms with van der Waals surface area (Å²) in [7, 11) is 0. The highest BCUT2D eigenvalue weighted by molar-refractivity contribution is 7.99. The lowest BCUT2D eigenvalue weighted by Crippen LogP contribution is -2.28. The maximum absolute atomic E-state index is 2.43. The van der Waals surface area contributed by atoms with Crippen molar-refractivity contribution >= 4 is 11.8 Å². The molecule has 0 saturated carbocycles. The van der Waals surface area contributed by atoms with E-state index in [0.29, 0.717) is 0 Å². The minimum absolute atomic E-state index is 1.22. The summed E-state index contributed by atoms with van der Waals surface area (Å²) in [6.07, 6.45) is 1.28. The summed E-state index contributed by atoms with van der Waals surface area (Å²) in [6.45, 7) is 7.06. The SMILES string of the molecule is CCCN1[CH]CSCC1. The molecule has 0 aromatic rings. The van der Waals surface area contributed by atoms with E-state index in [1.165, 1.54) is 31.0 Å². The summed E-state index contributed by atoms with van der Waals surface area (Å²) in [4.78, 5) is 2.43. The first-order valence-electron chi connectivity index (χ1n) is 3.58. The second kappa shape index (κ2) is 4.18. The van der Waals surface area contributed by atoms with Gasteiger partial charge in [-0.05, 0) is 13.0 Å². The first kappa shape index (κ1) is 7.42. The minimum atomic E-state index is 1.22. The Bertz CT molecular complexity index is 66.6. The van der Waals surface area contributed by atoms with E-state index in [4.69, 9.17) is 0 Å². The van der Waals surface area contributed by atoms with Crippen molar-refractivity contribution in [3.8, 4) is 0 Å². The number of hydrogen-bond donors (Lipinski definition) is 0. The molecule has 0 N–H and O–H groups in total. The van der Waals surface area contributed by atoms with Gasteiger partial charge in [0.2, 0.25) is 0 Å². The van der Waals surface area contributed by atoms with E-state index in [2.05, 4.69) is 18.4 Å². The van der Waals surface area contributed by atoms with Gasteiger partial charge in [0.1, 0.15) is 0 Å². The van der Waals surface area contributed by atoms with Gasteiger partial charge in [-0.2, -0.15) is 11.8 Å². The van der Waals surface area contributed by atoms with E-state index < -0.39 is 0 Å². The molecular formula is C7H14NS. The van der Waals surface area contributed by atoms with Crippen molar-refractivity contribution in [3.63, 3.8) is 0 Å². The van der Waals surface area contributed by atoms with E-state index in [0.717, 1.165) is 0 Å². The Morgan fingerprint density at radius 2 is 2.56 bits per heavy atom. The van der Waals surface area contributed by atoms with Gasteiger partial charge in [0, 0.05) is 24.6 Å². The molecule has 0 bridgehead atoms. The molecule has 1 fully saturated rings. The van der Waals surface area contributed by atoms with Crippen LogP contribution in [0.3, 0.4) is 0 Å². The van der Waals surface area contributed by atoms with Crippen molar-refractivity contribution in [2.75, 3.05) is 24.6 Å². The molecule has 1 aliphatic rings. The standard InChI is InChI=1S/C7H14NS/c1-2-3-8-4-6-9-7-5-8/h4H,2-3,5-7H2,1H3. The number of rotatable bonds is 2. The molecule has 1 aliphatic heterocycles. The van der Waals surface area contributed by atoms with E-state index in [1.54, 1.807) is 0 Å². The molecule has 0 aromatic carbocycles. The van der Waals surface area contributed by atoms with Crippen LogP contribution < -0.4 is 0 Å². The average Bonchev–Trinajstić information content (AvgIpc) is 1.91. The molecule has 1 radical (unpaired) electrons. The van der Waals surface area contributed by atoms with Gasteiger partial charge in [0.05, 0.1) is 0 Å². The molecule has 0 amide bonds. The molecular weight excluding hydrogens is 130 g/mol. The fourth-order valence-electron chi connectivity index (χ4n) is 1.00. The van der Waals surface area contributed by atoms with Crippen LogP contribution in [-0.4, -0.2) is 29.5 Å². The van der Waals surface area contributed by atoms with Crippen molar-refractivity contribution in [3.05, 3.63) is 6.54 Å². The third-order valence-electron chi connectivity index (χ3n) is 1.48. The number of hydrogen-bond acceptors (Lipinski definition) is 2. The Labute approximate surface area is 61.8 Å². The third-order valence-corrected chi connectivity index (χ3v) is 2.34. The van der Waals surface area contributed by atoms with Crippen molar-refractivity contribution < 1.29 is 0 Å². The molecule has 1 nitrogen and oxygen atoms in total. The van der Waals surface area contributed by atoms with E-state index >= 15 is 0 Å². The van der Waals surface area contributed by atoms with Crippen LogP contribution in [0.15, 0.2) is 0 Å². The zero-order chi connectivity index (χ0) is 6.53. The molecule has 0 aromatic heterocycles. The van der Waals surface area contributed by atoms with Gasteiger partial charge < -0.3 is 0 Å². The van der Waals surface area contributed by atoms with Gasteiger partial charge in [-0.25, -0.2) is 0 Å². The monoisotopic (exact) mass is 144 g/mol. The predicted octanol–water partition coefficient (Wildman–Crippen LogP) is 1.61. The van der Waals surface area contributed by atoms with Gasteiger partial charge in [-0.3, -0.25) is 4.90 Å². The first-order valence-corrected chi connectivity index (χ1v) is 4.74. The summed E-state index contributed by atoms with van der Waals surface area (Å²) in [5.41, 5.74) is 0. The molecule has 2 heteroatoms. The Balaban J connectivity index is 2.08. The van der Waals surface area contributed by atoms with Crippen LogP contribution in [0.1, 0.15) is 13.3 Å². The lowest BCUT2D eigenvalue weighted by Gasteiger charge is -2.24. The minimum Gasteiger partial charge on any atom is -0.297 e. The summed E-state index contributed by atoms with van der Waals surface area (Å²) in [5.74, 6) is 2.54. The van der Waals surface area contributed by atoms with E-state index in [1.807, 2.05) is 11.8 Å². The van der Waals surface area contributed by atoms with Gasteiger partial charge in [-0.1, -0.05) is 6.92 Å². The van der Waals surface area contributed by atoms with Crippen LogP contribution in [0.2, 0.25) is 0 Å². The van der Waals surface area contributed by atoms with Crippen molar-refractivity contribution in [1.29, 1.82) is 0 Å². The normalized spacial score (nSPS) is 22.3. The van der Waals surface area contributed by atoms with Gasteiger partial charge >= 0.3 is 0 Å². The van der Waals surface area contributed by atoms with Crippen LogP contribution in [0.5, 0.6) is 0 Å². The summed E-state index contributed by atoms with van der Waals surface area (Å²) in [5, 5.41) is 0. The molecule has 1 heterocycles. The van der Waals surface area contributed by atoms with Crippen LogP contribution in [0, 0.1) is 6.54 Å². The van der Waals surface area contributed by atoms with E-state index in [9.17, 15) is 0 Å². The maximum Gasteiger partial charge on any atom is 0.0350 e. The van der Waals surface area contributed by atoms with Crippen molar-refractivity contribution in [2.45, 2.75) is 13.3 Å². The van der Waals surface area contributed by atoms with Crippen LogP contribution >= 0.6 is 11.8 Å².